The first-order valence-corrected chi connectivity index (χ1v) is 10.8. The average molecular weight is 388 g/mol. The van der Waals surface area contributed by atoms with Gasteiger partial charge in [0.2, 0.25) is 10.0 Å². The van der Waals surface area contributed by atoms with Crippen molar-refractivity contribution in [1.82, 2.24) is 14.7 Å². The summed E-state index contributed by atoms with van der Waals surface area (Å²) >= 11 is 1.60. The molecule has 2 aromatic heterocycles. The number of sulfonamides is 1. The van der Waals surface area contributed by atoms with Crippen molar-refractivity contribution in [2.75, 3.05) is 6.54 Å². The number of aryl methyl sites for hydroxylation is 2. The summed E-state index contributed by atoms with van der Waals surface area (Å²) in [6.45, 7) is 4.25. The van der Waals surface area contributed by atoms with Crippen LogP contribution in [0.4, 0.5) is 0 Å². The number of hydrogen-bond donors (Lipinski definition) is 1. The first-order valence-electron chi connectivity index (χ1n) is 8.33. The molecule has 26 heavy (non-hydrogen) atoms. The van der Waals surface area contributed by atoms with E-state index < -0.39 is 10.0 Å². The van der Waals surface area contributed by atoms with Crippen LogP contribution in [0.3, 0.4) is 0 Å². The minimum atomic E-state index is -3.36. The Kier molecular flexibility index (Phi) is 5.80. The number of thiazole rings is 1. The average Bonchev–Trinajstić information content (AvgIpc) is 2.98. The van der Waals surface area contributed by atoms with Gasteiger partial charge in [-0.1, -0.05) is 24.3 Å². The van der Waals surface area contributed by atoms with E-state index in [0.29, 0.717) is 13.0 Å². The van der Waals surface area contributed by atoms with Crippen molar-refractivity contribution in [2.45, 2.75) is 26.0 Å². The Hall–Kier alpha value is -2.09. The van der Waals surface area contributed by atoms with Crippen LogP contribution >= 0.6 is 11.3 Å². The molecule has 0 spiro atoms. The smallest absolute Gasteiger partial charge is 0.215 e. The third-order valence-electron chi connectivity index (χ3n) is 4.10. The van der Waals surface area contributed by atoms with Crippen LogP contribution in [0.5, 0.6) is 0 Å². The number of aromatic nitrogens is 2. The van der Waals surface area contributed by atoms with Crippen LogP contribution in [-0.2, 0) is 22.2 Å². The molecular weight excluding hydrogens is 366 g/mol. The van der Waals surface area contributed by atoms with Crippen LogP contribution in [0.25, 0.3) is 10.6 Å². The first-order chi connectivity index (χ1) is 12.4. The van der Waals surface area contributed by atoms with Gasteiger partial charge in [0, 0.05) is 29.4 Å². The molecule has 0 unspecified atom stereocenters. The molecule has 3 aromatic rings. The molecule has 5 nitrogen and oxygen atoms in total. The second-order valence-electron chi connectivity index (χ2n) is 6.09. The van der Waals surface area contributed by atoms with E-state index in [1.165, 1.54) is 0 Å². The summed E-state index contributed by atoms with van der Waals surface area (Å²) in [5, 5.41) is 0.933. The number of rotatable bonds is 7. The molecule has 0 radical (unpaired) electrons. The van der Waals surface area contributed by atoms with E-state index in [2.05, 4.69) is 14.7 Å². The van der Waals surface area contributed by atoms with Gasteiger partial charge in [-0.2, -0.15) is 0 Å². The second kappa shape index (κ2) is 8.07. The Balaban J connectivity index is 1.61. The quantitative estimate of drug-likeness (QED) is 0.674. The van der Waals surface area contributed by atoms with Gasteiger partial charge >= 0.3 is 0 Å². The van der Waals surface area contributed by atoms with Gasteiger partial charge < -0.3 is 0 Å². The van der Waals surface area contributed by atoms with Gasteiger partial charge in [0.25, 0.3) is 0 Å². The van der Waals surface area contributed by atoms with Crippen molar-refractivity contribution in [3.05, 3.63) is 70.5 Å². The van der Waals surface area contributed by atoms with Gasteiger partial charge in [-0.05, 0) is 43.5 Å². The Morgan fingerprint density at radius 3 is 2.54 bits per heavy atom. The normalized spacial score (nSPS) is 11.6. The molecule has 0 saturated heterocycles. The Morgan fingerprint density at radius 2 is 1.81 bits per heavy atom. The molecule has 0 saturated carbocycles. The molecule has 0 fully saturated rings. The van der Waals surface area contributed by atoms with Crippen LogP contribution in [0, 0.1) is 13.8 Å². The van der Waals surface area contributed by atoms with Crippen LogP contribution < -0.4 is 4.72 Å². The van der Waals surface area contributed by atoms with Crippen molar-refractivity contribution in [2.24, 2.45) is 0 Å². The summed E-state index contributed by atoms with van der Waals surface area (Å²) in [5.41, 5.74) is 3.78. The summed E-state index contributed by atoms with van der Waals surface area (Å²) in [6, 6.07) is 11.4. The summed E-state index contributed by atoms with van der Waals surface area (Å²) in [5.74, 6) is 0.00358. The zero-order valence-electron chi connectivity index (χ0n) is 14.8. The summed E-state index contributed by atoms with van der Waals surface area (Å²) in [6.07, 6.45) is 4.11. The van der Waals surface area contributed by atoms with Crippen LogP contribution in [-0.4, -0.2) is 24.9 Å². The van der Waals surface area contributed by atoms with Gasteiger partial charge in [0.15, 0.2) is 0 Å². The predicted molar refractivity (Wildman–Crippen MR) is 106 cm³/mol. The van der Waals surface area contributed by atoms with E-state index in [1.807, 2.05) is 50.2 Å². The Labute approximate surface area is 158 Å². The van der Waals surface area contributed by atoms with Gasteiger partial charge in [-0.15, -0.1) is 11.3 Å². The number of benzene rings is 1. The van der Waals surface area contributed by atoms with E-state index in [9.17, 15) is 8.42 Å². The van der Waals surface area contributed by atoms with Crippen molar-refractivity contribution in [1.29, 1.82) is 0 Å². The molecule has 0 bridgehead atoms. The standard InChI is InChI=1S/C19H21N3O2S2/c1-14-5-3-4-6-17(14)13-26(23,24)21-12-9-18-15(2)22-19(25-18)16-7-10-20-11-8-16/h3-8,10-11,21H,9,12-13H2,1-2H3. The molecule has 0 aliphatic carbocycles. The predicted octanol–water partition coefficient (Wildman–Crippen LogP) is 3.48. The molecule has 136 valence electrons. The number of nitrogens with zero attached hydrogens (tertiary/aromatic N) is 2. The maximum atomic E-state index is 12.3. The summed E-state index contributed by atoms with van der Waals surface area (Å²) in [4.78, 5) is 9.70. The zero-order chi connectivity index (χ0) is 18.6. The highest BCUT2D eigenvalue weighted by Crippen LogP contribution is 2.27. The highest BCUT2D eigenvalue weighted by molar-refractivity contribution is 7.88. The third kappa shape index (κ3) is 4.75. The fraction of sp³-hybridized carbons (Fsp3) is 0.263. The molecule has 0 atom stereocenters. The zero-order valence-corrected chi connectivity index (χ0v) is 16.4. The SMILES string of the molecule is Cc1ccccc1CS(=O)(=O)NCCc1sc(-c2ccncc2)nc1C. The highest BCUT2D eigenvalue weighted by Gasteiger charge is 2.14. The van der Waals surface area contributed by atoms with Crippen molar-refractivity contribution < 1.29 is 8.42 Å². The van der Waals surface area contributed by atoms with Crippen LogP contribution in [0.15, 0.2) is 48.8 Å². The minimum absolute atomic E-state index is 0.00358. The molecule has 7 heteroatoms. The maximum Gasteiger partial charge on any atom is 0.215 e. The van der Waals surface area contributed by atoms with E-state index in [-0.39, 0.29) is 5.75 Å². The summed E-state index contributed by atoms with van der Waals surface area (Å²) in [7, 11) is -3.36. The fourth-order valence-corrected chi connectivity index (χ4v) is 4.94. The van der Waals surface area contributed by atoms with E-state index in [1.54, 1.807) is 23.7 Å². The van der Waals surface area contributed by atoms with Gasteiger partial charge in [0.05, 0.1) is 11.4 Å². The van der Waals surface area contributed by atoms with Crippen molar-refractivity contribution >= 4 is 21.4 Å². The fourth-order valence-electron chi connectivity index (χ4n) is 2.63. The number of hydrogen-bond acceptors (Lipinski definition) is 5. The topological polar surface area (TPSA) is 72.0 Å². The molecule has 1 N–H and O–H groups in total. The monoisotopic (exact) mass is 387 g/mol. The van der Waals surface area contributed by atoms with Crippen molar-refractivity contribution in [3.63, 3.8) is 0 Å². The van der Waals surface area contributed by atoms with Crippen LogP contribution in [0.2, 0.25) is 0 Å². The van der Waals surface area contributed by atoms with Gasteiger partial charge in [0.1, 0.15) is 5.01 Å². The number of pyridine rings is 1. The highest BCUT2D eigenvalue weighted by atomic mass is 32.2. The molecule has 1 aromatic carbocycles. The van der Waals surface area contributed by atoms with Gasteiger partial charge in [-0.25, -0.2) is 18.1 Å². The summed E-state index contributed by atoms with van der Waals surface area (Å²) < 4.78 is 27.3. The molecular formula is C19H21N3O2S2. The lowest BCUT2D eigenvalue weighted by atomic mass is 10.1. The maximum absolute atomic E-state index is 12.3. The van der Waals surface area contributed by atoms with E-state index >= 15 is 0 Å². The Bertz CT molecular complexity index is 983. The lowest BCUT2D eigenvalue weighted by molar-refractivity contribution is 0.580. The van der Waals surface area contributed by atoms with Crippen molar-refractivity contribution in [3.8, 4) is 10.6 Å². The molecule has 2 heterocycles. The molecule has 0 amide bonds. The van der Waals surface area contributed by atoms with E-state index in [0.717, 1.165) is 32.3 Å². The Morgan fingerprint density at radius 1 is 1.08 bits per heavy atom. The first kappa shape index (κ1) is 18.7. The molecule has 0 aliphatic rings. The van der Waals surface area contributed by atoms with Gasteiger partial charge in [-0.3, -0.25) is 4.98 Å². The van der Waals surface area contributed by atoms with Crippen LogP contribution in [0.1, 0.15) is 21.7 Å². The minimum Gasteiger partial charge on any atom is -0.265 e. The molecule has 0 aliphatic heterocycles. The number of nitrogens with one attached hydrogen (secondary N) is 1. The van der Waals surface area contributed by atoms with E-state index in [4.69, 9.17) is 0 Å². The molecule has 3 rings (SSSR count). The second-order valence-corrected chi connectivity index (χ2v) is 8.98. The third-order valence-corrected chi connectivity index (χ3v) is 6.70. The lowest BCUT2D eigenvalue weighted by Gasteiger charge is -2.08. The lowest BCUT2D eigenvalue weighted by Crippen LogP contribution is -2.27. The largest absolute Gasteiger partial charge is 0.265 e.